The van der Waals surface area contributed by atoms with Crippen LogP contribution >= 0.6 is 0 Å². The van der Waals surface area contributed by atoms with E-state index in [-0.39, 0.29) is 11.7 Å². The zero-order valence-corrected chi connectivity index (χ0v) is 15.3. The molecule has 0 aliphatic heterocycles. The fourth-order valence-corrected chi connectivity index (χ4v) is 2.74. The molecular formula is C20H26FN3O. The number of nitrogens with one attached hydrogen (secondary N) is 1. The number of nitrogens with zero attached hydrogens (tertiary/aromatic N) is 2. The quantitative estimate of drug-likeness (QED) is 0.840. The van der Waals surface area contributed by atoms with Gasteiger partial charge in [0.2, 0.25) is 5.91 Å². The van der Waals surface area contributed by atoms with Gasteiger partial charge in [-0.2, -0.15) is 0 Å². The van der Waals surface area contributed by atoms with Crippen LogP contribution in [0.1, 0.15) is 17.2 Å². The molecule has 4 nitrogen and oxygen atoms in total. The molecule has 2 rings (SSSR count). The predicted molar refractivity (Wildman–Crippen MR) is 100 cm³/mol. The lowest BCUT2D eigenvalue weighted by Gasteiger charge is -2.24. The molecule has 0 saturated carbocycles. The fraction of sp³-hybridized carbons (Fsp3) is 0.350. The minimum atomic E-state index is -0.641. The van der Waals surface area contributed by atoms with Crippen LogP contribution < -0.4 is 10.2 Å². The highest BCUT2D eigenvalue weighted by atomic mass is 19.1. The van der Waals surface area contributed by atoms with Gasteiger partial charge in [0.1, 0.15) is 11.9 Å². The second-order valence-corrected chi connectivity index (χ2v) is 6.49. The molecule has 0 radical (unpaired) electrons. The van der Waals surface area contributed by atoms with Crippen molar-refractivity contribution in [3.63, 3.8) is 0 Å². The van der Waals surface area contributed by atoms with Gasteiger partial charge in [-0.25, -0.2) is 4.39 Å². The molecule has 1 amide bonds. The van der Waals surface area contributed by atoms with Gasteiger partial charge in [-0.3, -0.25) is 9.69 Å². The molecule has 0 fully saturated rings. The number of carbonyl (C=O) groups is 1. The van der Waals surface area contributed by atoms with Crippen molar-refractivity contribution < 1.29 is 9.18 Å². The van der Waals surface area contributed by atoms with Crippen molar-refractivity contribution in [1.29, 1.82) is 0 Å². The van der Waals surface area contributed by atoms with E-state index in [0.29, 0.717) is 12.1 Å². The molecule has 5 heteroatoms. The number of amides is 1. The Labute approximate surface area is 149 Å². The number of hydrogen-bond acceptors (Lipinski definition) is 3. The first-order chi connectivity index (χ1) is 11.9. The van der Waals surface area contributed by atoms with E-state index in [1.165, 1.54) is 6.07 Å². The summed E-state index contributed by atoms with van der Waals surface area (Å²) in [5.41, 5.74) is 2.68. The molecular weight excluding hydrogens is 317 g/mol. The fourth-order valence-electron chi connectivity index (χ4n) is 2.74. The lowest BCUT2D eigenvalue weighted by Crippen LogP contribution is -2.38. The maximum atomic E-state index is 14.0. The first-order valence-corrected chi connectivity index (χ1v) is 8.35. The summed E-state index contributed by atoms with van der Waals surface area (Å²) in [5.74, 6) is -0.560. The third-order valence-electron chi connectivity index (χ3n) is 4.13. The molecule has 1 atom stereocenters. The van der Waals surface area contributed by atoms with Crippen LogP contribution in [-0.2, 0) is 11.2 Å². The lowest BCUT2D eigenvalue weighted by atomic mass is 10.0. The zero-order valence-electron chi connectivity index (χ0n) is 15.3. The van der Waals surface area contributed by atoms with E-state index < -0.39 is 6.04 Å². The molecule has 2 aromatic carbocycles. The Morgan fingerprint density at radius 3 is 2.24 bits per heavy atom. The normalized spacial score (nSPS) is 12.1. The molecule has 0 aliphatic rings. The number of halogens is 1. The van der Waals surface area contributed by atoms with Gasteiger partial charge in [0.15, 0.2) is 0 Å². The van der Waals surface area contributed by atoms with E-state index in [1.54, 1.807) is 37.2 Å². The molecule has 0 spiro atoms. The predicted octanol–water partition coefficient (Wildman–Crippen LogP) is 2.85. The largest absolute Gasteiger partial charge is 0.378 e. The van der Waals surface area contributed by atoms with E-state index in [4.69, 9.17) is 0 Å². The van der Waals surface area contributed by atoms with Crippen LogP contribution in [0.4, 0.5) is 10.1 Å². The van der Waals surface area contributed by atoms with Crippen LogP contribution in [0, 0.1) is 5.82 Å². The molecule has 0 bridgehead atoms. The summed E-state index contributed by atoms with van der Waals surface area (Å²) >= 11 is 0. The van der Waals surface area contributed by atoms with Gasteiger partial charge >= 0.3 is 0 Å². The van der Waals surface area contributed by atoms with E-state index in [9.17, 15) is 9.18 Å². The molecule has 2 aromatic rings. The van der Waals surface area contributed by atoms with Gasteiger partial charge < -0.3 is 10.2 Å². The lowest BCUT2D eigenvalue weighted by molar-refractivity contribution is -0.125. The SMILES string of the molecule is CN(C)c1ccc(CCNC(=O)[C@@H](c2ccccc2F)N(C)C)cc1. The van der Waals surface area contributed by atoms with Gasteiger partial charge in [0, 0.05) is 31.9 Å². The summed E-state index contributed by atoms with van der Waals surface area (Å²) in [6, 6.07) is 14.0. The number of benzene rings is 2. The summed E-state index contributed by atoms with van der Waals surface area (Å²) in [7, 11) is 7.55. The standard InChI is InChI=1S/C20H26FN3O/c1-23(2)16-11-9-15(10-12-16)13-14-22-20(25)19(24(3)4)17-7-5-6-8-18(17)21/h5-12,19H,13-14H2,1-4H3,(H,22,25)/t19-/m1/s1. The van der Waals surface area contributed by atoms with Crippen molar-refractivity contribution in [3.8, 4) is 0 Å². The Bertz CT molecular complexity index is 698. The first-order valence-electron chi connectivity index (χ1n) is 8.35. The highest BCUT2D eigenvalue weighted by molar-refractivity contribution is 5.83. The van der Waals surface area contributed by atoms with Gasteiger partial charge in [-0.1, -0.05) is 30.3 Å². The van der Waals surface area contributed by atoms with E-state index >= 15 is 0 Å². The number of hydrogen-bond donors (Lipinski definition) is 1. The van der Waals surface area contributed by atoms with Crippen molar-refractivity contribution in [2.75, 3.05) is 39.6 Å². The summed E-state index contributed by atoms with van der Waals surface area (Å²) in [6.45, 7) is 0.513. The third-order valence-corrected chi connectivity index (χ3v) is 4.13. The molecule has 0 heterocycles. The summed E-state index contributed by atoms with van der Waals surface area (Å²) < 4.78 is 14.0. The Balaban J connectivity index is 1.96. The Morgan fingerprint density at radius 2 is 1.68 bits per heavy atom. The molecule has 1 N–H and O–H groups in total. The highest BCUT2D eigenvalue weighted by Crippen LogP contribution is 2.21. The third kappa shape index (κ3) is 5.03. The maximum Gasteiger partial charge on any atom is 0.242 e. The van der Waals surface area contributed by atoms with Crippen molar-refractivity contribution in [3.05, 3.63) is 65.5 Å². The minimum absolute atomic E-state index is 0.194. The van der Waals surface area contributed by atoms with Crippen LogP contribution in [-0.4, -0.2) is 45.5 Å². The van der Waals surface area contributed by atoms with Crippen LogP contribution in [0.15, 0.2) is 48.5 Å². The average Bonchev–Trinajstić information content (AvgIpc) is 2.57. The van der Waals surface area contributed by atoms with Crippen LogP contribution in [0.3, 0.4) is 0 Å². The molecule has 0 saturated heterocycles. The Hall–Kier alpha value is -2.40. The Morgan fingerprint density at radius 1 is 1.04 bits per heavy atom. The first kappa shape index (κ1) is 18.9. The van der Waals surface area contributed by atoms with Gasteiger partial charge in [0.25, 0.3) is 0 Å². The van der Waals surface area contributed by atoms with Crippen molar-refractivity contribution in [2.24, 2.45) is 0 Å². The van der Waals surface area contributed by atoms with Crippen LogP contribution in [0.5, 0.6) is 0 Å². The van der Waals surface area contributed by atoms with Crippen molar-refractivity contribution >= 4 is 11.6 Å². The second-order valence-electron chi connectivity index (χ2n) is 6.49. The smallest absolute Gasteiger partial charge is 0.242 e. The van der Waals surface area contributed by atoms with Gasteiger partial charge in [-0.15, -0.1) is 0 Å². The number of rotatable bonds is 7. The Kier molecular flexibility index (Phi) is 6.53. The molecule has 134 valence electrons. The van der Waals surface area contributed by atoms with Crippen molar-refractivity contribution in [2.45, 2.75) is 12.5 Å². The summed E-state index contributed by atoms with van der Waals surface area (Å²) in [5, 5.41) is 2.92. The molecule has 0 unspecified atom stereocenters. The number of likely N-dealkylation sites (N-methyl/N-ethyl adjacent to an activating group) is 1. The summed E-state index contributed by atoms with van der Waals surface area (Å²) in [4.78, 5) is 16.3. The maximum absolute atomic E-state index is 14.0. The van der Waals surface area contributed by atoms with Crippen LogP contribution in [0.2, 0.25) is 0 Å². The van der Waals surface area contributed by atoms with Crippen molar-refractivity contribution in [1.82, 2.24) is 10.2 Å². The topological polar surface area (TPSA) is 35.6 Å². The van der Waals surface area contributed by atoms with Crippen LogP contribution in [0.25, 0.3) is 0 Å². The van der Waals surface area contributed by atoms with E-state index in [1.807, 2.05) is 19.0 Å². The highest BCUT2D eigenvalue weighted by Gasteiger charge is 2.25. The molecule has 25 heavy (non-hydrogen) atoms. The zero-order chi connectivity index (χ0) is 18.4. The number of carbonyl (C=O) groups excluding carboxylic acids is 1. The summed E-state index contributed by atoms with van der Waals surface area (Å²) in [6.07, 6.45) is 0.733. The monoisotopic (exact) mass is 343 g/mol. The molecule has 0 aromatic heterocycles. The number of anilines is 1. The average molecular weight is 343 g/mol. The minimum Gasteiger partial charge on any atom is -0.378 e. The van der Waals surface area contributed by atoms with Gasteiger partial charge in [0.05, 0.1) is 0 Å². The van der Waals surface area contributed by atoms with E-state index in [0.717, 1.165) is 17.7 Å². The second kappa shape index (κ2) is 8.62. The van der Waals surface area contributed by atoms with E-state index in [2.05, 4.69) is 29.6 Å². The molecule has 0 aliphatic carbocycles. The van der Waals surface area contributed by atoms with Gasteiger partial charge in [-0.05, 0) is 44.3 Å².